The standard InChI is InChI=1S/C16H17F2NO/c1-11(15-6-5-14(18)10-16(15)20)19-8-7-12-3-2-4-13(17)9-12/h2-6,9-11,19-20H,7-8H2,1H3. The number of hydrogen-bond acceptors (Lipinski definition) is 2. The van der Waals surface area contributed by atoms with Gasteiger partial charge < -0.3 is 10.4 Å². The molecule has 0 aliphatic carbocycles. The van der Waals surface area contributed by atoms with Gasteiger partial charge >= 0.3 is 0 Å². The lowest BCUT2D eigenvalue weighted by molar-refractivity contribution is 0.447. The summed E-state index contributed by atoms with van der Waals surface area (Å²) in [4.78, 5) is 0. The third-order valence-electron chi connectivity index (χ3n) is 3.21. The van der Waals surface area contributed by atoms with Gasteiger partial charge in [0, 0.05) is 17.7 Å². The van der Waals surface area contributed by atoms with Crippen molar-refractivity contribution in [1.82, 2.24) is 5.32 Å². The predicted octanol–water partition coefficient (Wildman–Crippen LogP) is 3.56. The summed E-state index contributed by atoms with van der Waals surface area (Å²) < 4.78 is 25.9. The van der Waals surface area contributed by atoms with E-state index in [1.165, 1.54) is 18.2 Å². The molecule has 1 atom stereocenters. The van der Waals surface area contributed by atoms with Gasteiger partial charge in [0.15, 0.2) is 0 Å². The Bertz CT molecular complexity index is 586. The van der Waals surface area contributed by atoms with Gasteiger partial charge in [0.05, 0.1) is 0 Å². The van der Waals surface area contributed by atoms with E-state index in [0.29, 0.717) is 18.5 Å². The predicted molar refractivity (Wildman–Crippen MR) is 74.6 cm³/mol. The van der Waals surface area contributed by atoms with Crippen LogP contribution in [-0.2, 0) is 6.42 Å². The molecule has 106 valence electrons. The largest absolute Gasteiger partial charge is 0.508 e. The van der Waals surface area contributed by atoms with Gasteiger partial charge in [-0.1, -0.05) is 18.2 Å². The number of rotatable bonds is 5. The Morgan fingerprint density at radius 2 is 1.85 bits per heavy atom. The van der Waals surface area contributed by atoms with Gasteiger partial charge in [-0.25, -0.2) is 8.78 Å². The van der Waals surface area contributed by atoms with Crippen LogP contribution in [0.2, 0.25) is 0 Å². The van der Waals surface area contributed by atoms with Crippen LogP contribution in [0.3, 0.4) is 0 Å². The van der Waals surface area contributed by atoms with E-state index in [1.54, 1.807) is 12.1 Å². The zero-order valence-electron chi connectivity index (χ0n) is 11.2. The molecule has 0 saturated carbocycles. The number of phenolic OH excluding ortho intramolecular Hbond substituents is 1. The number of phenols is 1. The Labute approximate surface area is 117 Å². The van der Waals surface area contributed by atoms with Crippen LogP contribution >= 0.6 is 0 Å². The van der Waals surface area contributed by atoms with Gasteiger partial charge in [0.25, 0.3) is 0 Å². The lowest BCUT2D eigenvalue weighted by Crippen LogP contribution is -2.21. The molecule has 0 aliphatic heterocycles. The van der Waals surface area contributed by atoms with Crippen LogP contribution in [-0.4, -0.2) is 11.7 Å². The fourth-order valence-corrected chi connectivity index (χ4v) is 2.12. The van der Waals surface area contributed by atoms with Crippen molar-refractivity contribution >= 4 is 0 Å². The quantitative estimate of drug-likeness (QED) is 0.875. The smallest absolute Gasteiger partial charge is 0.126 e. The molecule has 0 fully saturated rings. The molecule has 0 aromatic heterocycles. The first-order chi connectivity index (χ1) is 9.56. The monoisotopic (exact) mass is 277 g/mol. The SMILES string of the molecule is CC(NCCc1cccc(F)c1)c1ccc(F)cc1O. The number of hydrogen-bond donors (Lipinski definition) is 2. The molecular formula is C16H17F2NO. The van der Waals surface area contributed by atoms with Crippen LogP contribution in [0, 0.1) is 11.6 Å². The maximum Gasteiger partial charge on any atom is 0.126 e. The molecule has 4 heteroatoms. The Hall–Kier alpha value is -1.94. The Balaban J connectivity index is 1.90. The van der Waals surface area contributed by atoms with Crippen LogP contribution in [0.4, 0.5) is 8.78 Å². The summed E-state index contributed by atoms with van der Waals surface area (Å²) in [7, 11) is 0. The highest BCUT2D eigenvalue weighted by molar-refractivity contribution is 5.34. The molecule has 2 N–H and O–H groups in total. The molecular weight excluding hydrogens is 260 g/mol. The van der Waals surface area contributed by atoms with Crippen molar-refractivity contribution in [1.29, 1.82) is 0 Å². The van der Waals surface area contributed by atoms with Crippen molar-refractivity contribution in [2.24, 2.45) is 0 Å². The van der Waals surface area contributed by atoms with Crippen molar-refractivity contribution in [2.75, 3.05) is 6.54 Å². The van der Waals surface area contributed by atoms with E-state index in [1.807, 2.05) is 13.0 Å². The Morgan fingerprint density at radius 1 is 1.10 bits per heavy atom. The average Bonchev–Trinajstić information content (AvgIpc) is 2.38. The van der Waals surface area contributed by atoms with Gasteiger partial charge in [-0.2, -0.15) is 0 Å². The summed E-state index contributed by atoms with van der Waals surface area (Å²) in [6.45, 7) is 2.53. The van der Waals surface area contributed by atoms with Crippen LogP contribution < -0.4 is 5.32 Å². The lowest BCUT2D eigenvalue weighted by atomic mass is 10.1. The lowest BCUT2D eigenvalue weighted by Gasteiger charge is -2.15. The second-order valence-electron chi connectivity index (χ2n) is 4.76. The minimum atomic E-state index is -0.460. The van der Waals surface area contributed by atoms with Crippen molar-refractivity contribution in [3.8, 4) is 5.75 Å². The number of aromatic hydroxyl groups is 1. The van der Waals surface area contributed by atoms with E-state index < -0.39 is 5.82 Å². The molecule has 1 unspecified atom stereocenters. The van der Waals surface area contributed by atoms with Gasteiger partial charge in [0.1, 0.15) is 17.4 Å². The van der Waals surface area contributed by atoms with E-state index in [9.17, 15) is 13.9 Å². The molecule has 2 aromatic rings. The van der Waals surface area contributed by atoms with E-state index >= 15 is 0 Å². The van der Waals surface area contributed by atoms with Gasteiger partial charge in [-0.15, -0.1) is 0 Å². The van der Waals surface area contributed by atoms with Crippen LogP contribution in [0.25, 0.3) is 0 Å². The zero-order valence-corrected chi connectivity index (χ0v) is 11.2. The molecule has 0 spiro atoms. The molecule has 0 saturated heterocycles. The van der Waals surface area contributed by atoms with Crippen LogP contribution in [0.1, 0.15) is 24.1 Å². The van der Waals surface area contributed by atoms with Crippen molar-refractivity contribution in [3.05, 3.63) is 65.2 Å². The minimum absolute atomic E-state index is 0.0595. The summed E-state index contributed by atoms with van der Waals surface area (Å²) in [5.41, 5.74) is 1.55. The molecule has 2 nitrogen and oxygen atoms in total. The third-order valence-corrected chi connectivity index (χ3v) is 3.21. The highest BCUT2D eigenvalue weighted by atomic mass is 19.1. The molecule has 0 bridgehead atoms. The van der Waals surface area contributed by atoms with E-state index in [2.05, 4.69) is 5.32 Å². The van der Waals surface area contributed by atoms with E-state index in [0.717, 1.165) is 11.6 Å². The van der Waals surface area contributed by atoms with Gasteiger partial charge in [-0.3, -0.25) is 0 Å². The Morgan fingerprint density at radius 3 is 2.55 bits per heavy atom. The second kappa shape index (κ2) is 6.48. The van der Waals surface area contributed by atoms with Gasteiger partial charge in [0.2, 0.25) is 0 Å². The fraction of sp³-hybridized carbons (Fsp3) is 0.250. The first-order valence-electron chi connectivity index (χ1n) is 6.52. The molecule has 20 heavy (non-hydrogen) atoms. The maximum absolute atomic E-state index is 13.0. The third kappa shape index (κ3) is 3.78. The van der Waals surface area contributed by atoms with E-state index in [4.69, 9.17) is 0 Å². The summed E-state index contributed by atoms with van der Waals surface area (Å²) in [6.07, 6.45) is 0.685. The van der Waals surface area contributed by atoms with Gasteiger partial charge in [-0.05, 0) is 43.7 Å². The Kier molecular flexibility index (Phi) is 4.69. The van der Waals surface area contributed by atoms with Crippen LogP contribution in [0.15, 0.2) is 42.5 Å². The normalized spacial score (nSPS) is 12.3. The number of benzene rings is 2. The molecule has 0 heterocycles. The molecule has 0 amide bonds. The fourth-order valence-electron chi connectivity index (χ4n) is 2.12. The summed E-state index contributed by atoms with van der Waals surface area (Å²) in [6, 6.07) is 10.3. The average molecular weight is 277 g/mol. The maximum atomic E-state index is 13.0. The highest BCUT2D eigenvalue weighted by Gasteiger charge is 2.10. The molecule has 0 radical (unpaired) electrons. The first kappa shape index (κ1) is 14.5. The second-order valence-corrected chi connectivity index (χ2v) is 4.76. The van der Waals surface area contributed by atoms with Crippen molar-refractivity contribution in [2.45, 2.75) is 19.4 Å². The molecule has 0 aliphatic rings. The van der Waals surface area contributed by atoms with E-state index in [-0.39, 0.29) is 17.6 Å². The summed E-state index contributed by atoms with van der Waals surface area (Å²) in [5, 5.41) is 12.9. The highest BCUT2D eigenvalue weighted by Crippen LogP contribution is 2.24. The molecule has 2 rings (SSSR count). The topological polar surface area (TPSA) is 32.3 Å². The minimum Gasteiger partial charge on any atom is -0.508 e. The van der Waals surface area contributed by atoms with Crippen molar-refractivity contribution < 1.29 is 13.9 Å². The number of nitrogens with one attached hydrogen (secondary N) is 1. The number of halogens is 2. The summed E-state index contributed by atoms with van der Waals surface area (Å²) >= 11 is 0. The first-order valence-corrected chi connectivity index (χ1v) is 6.52. The van der Waals surface area contributed by atoms with Crippen molar-refractivity contribution in [3.63, 3.8) is 0 Å². The summed E-state index contributed by atoms with van der Waals surface area (Å²) in [5.74, 6) is -0.763. The van der Waals surface area contributed by atoms with Crippen LogP contribution in [0.5, 0.6) is 5.75 Å². The molecule has 2 aromatic carbocycles. The zero-order chi connectivity index (χ0) is 14.5.